The highest BCUT2D eigenvalue weighted by Crippen LogP contribution is 2.21. The van der Waals surface area contributed by atoms with Crippen molar-refractivity contribution in [2.75, 3.05) is 13.2 Å². The molecule has 1 fully saturated rings. The van der Waals surface area contributed by atoms with Crippen molar-refractivity contribution in [1.82, 2.24) is 20.1 Å². The molecule has 1 atom stereocenters. The summed E-state index contributed by atoms with van der Waals surface area (Å²) >= 11 is 0. The van der Waals surface area contributed by atoms with Crippen LogP contribution in [0.5, 0.6) is 0 Å². The predicted molar refractivity (Wildman–Crippen MR) is 110 cm³/mol. The number of aromatic amines is 1. The van der Waals surface area contributed by atoms with Crippen molar-refractivity contribution in [2.24, 2.45) is 0 Å². The number of ether oxygens (including phenoxy) is 1. The molecule has 2 aromatic heterocycles. The molecular weight excluding hydrogens is 401 g/mol. The number of halogens is 1. The zero-order valence-corrected chi connectivity index (χ0v) is 16.6. The van der Waals surface area contributed by atoms with Gasteiger partial charge in [0, 0.05) is 31.1 Å². The summed E-state index contributed by atoms with van der Waals surface area (Å²) in [5.74, 6) is -0.672. The first-order chi connectivity index (χ1) is 15.1. The van der Waals surface area contributed by atoms with E-state index in [4.69, 9.17) is 10.00 Å². The fraction of sp³-hybridized carbons (Fsp3) is 0.273. The minimum absolute atomic E-state index is 0.0310. The van der Waals surface area contributed by atoms with Crippen LogP contribution in [-0.2, 0) is 4.74 Å². The monoisotopic (exact) mass is 421 g/mol. The molecule has 1 unspecified atom stereocenters. The van der Waals surface area contributed by atoms with Gasteiger partial charge in [0.25, 0.3) is 11.5 Å². The number of amides is 1. The molecule has 2 N–H and O–H groups in total. The van der Waals surface area contributed by atoms with Crippen LogP contribution in [0.25, 0.3) is 16.9 Å². The Morgan fingerprint density at radius 3 is 2.87 bits per heavy atom. The lowest BCUT2D eigenvalue weighted by Gasteiger charge is -2.22. The SMILES string of the molecule is N#Cc1ccc(-c2c[nH]n(-c3ccc(C(=O)NCC4CCCCO4)cn3)c2=O)c(F)c1. The zero-order chi connectivity index (χ0) is 21.8. The topological polar surface area (TPSA) is 113 Å². The lowest BCUT2D eigenvalue weighted by Crippen LogP contribution is -2.35. The van der Waals surface area contributed by atoms with Crippen molar-refractivity contribution in [3.05, 3.63) is 70.0 Å². The van der Waals surface area contributed by atoms with Crippen molar-refractivity contribution in [1.29, 1.82) is 5.26 Å². The summed E-state index contributed by atoms with van der Waals surface area (Å²) in [6, 6.07) is 8.86. The van der Waals surface area contributed by atoms with Crippen molar-refractivity contribution >= 4 is 5.91 Å². The Morgan fingerprint density at radius 1 is 1.32 bits per heavy atom. The van der Waals surface area contributed by atoms with Gasteiger partial charge in [0.2, 0.25) is 0 Å². The van der Waals surface area contributed by atoms with Gasteiger partial charge in [-0.15, -0.1) is 0 Å². The van der Waals surface area contributed by atoms with Crippen LogP contribution in [0.15, 0.2) is 47.5 Å². The van der Waals surface area contributed by atoms with E-state index in [2.05, 4.69) is 15.4 Å². The number of benzene rings is 1. The summed E-state index contributed by atoms with van der Waals surface area (Å²) in [7, 11) is 0. The highest BCUT2D eigenvalue weighted by molar-refractivity contribution is 5.93. The summed E-state index contributed by atoms with van der Waals surface area (Å²) < 4.78 is 21.0. The molecule has 0 aliphatic carbocycles. The van der Waals surface area contributed by atoms with E-state index < -0.39 is 11.4 Å². The minimum Gasteiger partial charge on any atom is -0.376 e. The molecule has 0 spiro atoms. The maximum Gasteiger partial charge on any atom is 0.280 e. The number of nitrogens with one attached hydrogen (secondary N) is 2. The summed E-state index contributed by atoms with van der Waals surface area (Å²) in [4.78, 5) is 29.3. The molecule has 1 amide bonds. The third kappa shape index (κ3) is 4.39. The summed E-state index contributed by atoms with van der Waals surface area (Å²) in [6.07, 6.45) is 5.85. The van der Waals surface area contributed by atoms with Crippen molar-refractivity contribution in [3.63, 3.8) is 0 Å². The van der Waals surface area contributed by atoms with Gasteiger partial charge in [-0.3, -0.25) is 14.7 Å². The van der Waals surface area contributed by atoms with Gasteiger partial charge in [-0.05, 0) is 49.6 Å². The highest BCUT2D eigenvalue weighted by atomic mass is 19.1. The Balaban J connectivity index is 1.49. The van der Waals surface area contributed by atoms with Gasteiger partial charge >= 0.3 is 0 Å². The number of nitrogens with zero attached hydrogens (tertiary/aromatic N) is 3. The Kier molecular flexibility index (Phi) is 5.91. The van der Waals surface area contributed by atoms with Crippen LogP contribution >= 0.6 is 0 Å². The smallest absolute Gasteiger partial charge is 0.280 e. The van der Waals surface area contributed by atoms with Crippen LogP contribution < -0.4 is 10.9 Å². The summed E-state index contributed by atoms with van der Waals surface area (Å²) in [6.45, 7) is 1.16. The Hall–Kier alpha value is -3.77. The second-order valence-corrected chi connectivity index (χ2v) is 7.24. The molecule has 158 valence electrons. The van der Waals surface area contributed by atoms with Gasteiger partial charge in [0.15, 0.2) is 5.82 Å². The molecule has 0 saturated carbocycles. The van der Waals surface area contributed by atoms with E-state index in [1.165, 1.54) is 30.6 Å². The Labute approximate surface area is 177 Å². The molecule has 1 aromatic carbocycles. The van der Waals surface area contributed by atoms with Crippen molar-refractivity contribution < 1.29 is 13.9 Å². The lowest BCUT2D eigenvalue weighted by molar-refractivity contribution is 0.0169. The van der Waals surface area contributed by atoms with Crippen molar-refractivity contribution in [3.8, 4) is 23.0 Å². The number of hydrogen-bond donors (Lipinski definition) is 2. The predicted octanol–water partition coefficient (Wildman–Crippen LogP) is 2.54. The van der Waals surface area contributed by atoms with E-state index in [1.807, 2.05) is 6.07 Å². The van der Waals surface area contributed by atoms with Crippen LogP contribution in [0, 0.1) is 17.1 Å². The van der Waals surface area contributed by atoms with Crippen LogP contribution in [0.2, 0.25) is 0 Å². The van der Waals surface area contributed by atoms with Gasteiger partial charge in [0.05, 0.1) is 28.9 Å². The number of pyridine rings is 1. The molecule has 9 heteroatoms. The van der Waals surface area contributed by atoms with Gasteiger partial charge in [0.1, 0.15) is 5.82 Å². The van der Waals surface area contributed by atoms with E-state index in [0.717, 1.165) is 36.6 Å². The van der Waals surface area contributed by atoms with Gasteiger partial charge in [-0.2, -0.15) is 5.26 Å². The number of carbonyl (C=O) groups is 1. The Morgan fingerprint density at radius 2 is 2.19 bits per heavy atom. The zero-order valence-electron chi connectivity index (χ0n) is 16.6. The molecule has 31 heavy (non-hydrogen) atoms. The first-order valence-corrected chi connectivity index (χ1v) is 9.93. The van der Waals surface area contributed by atoms with E-state index >= 15 is 0 Å². The van der Waals surface area contributed by atoms with Crippen LogP contribution in [0.4, 0.5) is 4.39 Å². The van der Waals surface area contributed by atoms with E-state index in [0.29, 0.717) is 12.1 Å². The maximum absolute atomic E-state index is 14.3. The second-order valence-electron chi connectivity index (χ2n) is 7.24. The maximum atomic E-state index is 14.3. The summed E-state index contributed by atoms with van der Waals surface area (Å²) in [5.41, 5.74) is 0.223. The number of aromatic nitrogens is 3. The molecule has 8 nitrogen and oxygen atoms in total. The van der Waals surface area contributed by atoms with E-state index in [1.54, 1.807) is 6.07 Å². The minimum atomic E-state index is -0.663. The largest absolute Gasteiger partial charge is 0.376 e. The Bertz CT molecular complexity index is 1190. The molecule has 1 aliphatic heterocycles. The highest BCUT2D eigenvalue weighted by Gasteiger charge is 2.17. The molecule has 3 aromatic rings. The van der Waals surface area contributed by atoms with E-state index in [-0.39, 0.29) is 34.5 Å². The fourth-order valence-electron chi connectivity index (χ4n) is 3.47. The van der Waals surface area contributed by atoms with Crippen LogP contribution in [-0.4, -0.2) is 39.9 Å². The fourth-order valence-corrected chi connectivity index (χ4v) is 3.47. The normalized spacial score (nSPS) is 15.9. The van der Waals surface area contributed by atoms with Gasteiger partial charge < -0.3 is 10.1 Å². The average molecular weight is 421 g/mol. The number of carbonyl (C=O) groups excluding carboxylic acids is 1. The number of rotatable bonds is 5. The molecule has 4 rings (SSSR count). The molecule has 1 saturated heterocycles. The first kappa shape index (κ1) is 20.5. The average Bonchev–Trinajstić information content (AvgIpc) is 3.19. The van der Waals surface area contributed by atoms with Crippen LogP contribution in [0.1, 0.15) is 35.2 Å². The van der Waals surface area contributed by atoms with E-state index in [9.17, 15) is 14.0 Å². The quantitative estimate of drug-likeness (QED) is 0.657. The number of hydrogen-bond acceptors (Lipinski definition) is 5. The first-order valence-electron chi connectivity index (χ1n) is 9.93. The molecule has 1 aliphatic rings. The standard InChI is InChI=1S/C22H20FN5O3/c23-19-9-14(10-24)4-6-17(19)18-13-27-28(22(18)30)20-7-5-15(11-25-20)21(29)26-12-16-3-1-2-8-31-16/h4-7,9,11,13,16,27H,1-3,8,12H2,(H,26,29). The second kappa shape index (κ2) is 8.93. The molecule has 0 bridgehead atoms. The van der Waals surface area contributed by atoms with Gasteiger partial charge in [-0.25, -0.2) is 14.1 Å². The van der Waals surface area contributed by atoms with Crippen molar-refractivity contribution in [2.45, 2.75) is 25.4 Å². The van der Waals surface area contributed by atoms with Crippen LogP contribution in [0.3, 0.4) is 0 Å². The van der Waals surface area contributed by atoms with Gasteiger partial charge in [-0.1, -0.05) is 0 Å². The molecular formula is C22H20FN5O3. The molecule has 3 heterocycles. The third-order valence-corrected chi connectivity index (χ3v) is 5.16. The lowest BCUT2D eigenvalue weighted by atomic mass is 10.1. The number of nitriles is 1. The summed E-state index contributed by atoms with van der Waals surface area (Å²) in [5, 5.41) is 14.5. The molecule has 0 radical (unpaired) electrons. The third-order valence-electron chi connectivity index (χ3n) is 5.16. The number of H-pyrrole nitrogens is 1.